The summed E-state index contributed by atoms with van der Waals surface area (Å²) in [6, 6.07) is 10.6. The minimum absolute atomic E-state index is 0.175. The highest BCUT2D eigenvalue weighted by atomic mass is 32.2. The number of thioether (sulfide) groups is 1. The fourth-order valence-electron chi connectivity index (χ4n) is 2.34. The van der Waals surface area contributed by atoms with Gasteiger partial charge in [0.15, 0.2) is 11.8 Å². The summed E-state index contributed by atoms with van der Waals surface area (Å²) in [6.45, 7) is 5.47. The van der Waals surface area contributed by atoms with Crippen molar-refractivity contribution in [1.29, 1.82) is 0 Å². The quantitative estimate of drug-likeness (QED) is 0.430. The van der Waals surface area contributed by atoms with Crippen LogP contribution in [-0.4, -0.2) is 39.3 Å². The third-order valence-electron chi connectivity index (χ3n) is 4.03. The summed E-state index contributed by atoms with van der Waals surface area (Å²) >= 11 is 1.86. The molecule has 2 aromatic rings. The maximum Gasteiger partial charge on any atom is 0.192 e. The molecule has 0 saturated heterocycles. The van der Waals surface area contributed by atoms with Gasteiger partial charge in [0.05, 0.1) is 6.04 Å². The number of guanidine groups is 1. The molecule has 0 aliphatic rings. The van der Waals surface area contributed by atoms with E-state index >= 15 is 0 Å². The molecule has 1 heterocycles. The normalized spacial score (nSPS) is 12.9. The number of benzene rings is 1. The summed E-state index contributed by atoms with van der Waals surface area (Å²) in [7, 11) is 1.96. The molecule has 0 fully saturated rings. The molecule has 25 heavy (non-hydrogen) atoms. The van der Waals surface area contributed by atoms with E-state index in [4.69, 9.17) is 4.99 Å². The molecule has 7 heteroatoms. The molecule has 0 saturated carbocycles. The van der Waals surface area contributed by atoms with Crippen molar-refractivity contribution >= 4 is 17.7 Å². The molecular formula is C18H28N6S. The number of nitrogens with zero attached hydrogens (tertiary/aromatic N) is 4. The van der Waals surface area contributed by atoms with Crippen LogP contribution >= 0.6 is 11.8 Å². The van der Waals surface area contributed by atoms with Crippen molar-refractivity contribution in [3.63, 3.8) is 0 Å². The topological polar surface area (TPSA) is 67.1 Å². The monoisotopic (exact) mass is 360 g/mol. The first-order chi connectivity index (χ1) is 12.1. The van der Waals surface area contributed by atoms with Gasteiger partial charge in [-0.3, -0.25) is 0 Å². The smallest absolute Gasteiger partial charge is 0.192 e. The molecule has 6 nitrogen and oxygen atoms in total. The Morgan fingerprint density at radius 1 is 1.28 bits per heavy atom. The van der Waals surface area contributed by atoms with Gasteiger partial charge in [0, 0.05) is 13.6 Å². The van der Waals surface area contributed by atoms with Gasteiger partial charge >= 0.3 is 0 Å². The number of aryl methyl sites for hydroxylation is 1. The Hall–Kier alpha value is -2.02. The molecule has 1 atom stereocenters. The zero-order valence-electron chi connectivity index (χ0n) is 15.5. The molecule has 0 spiro atoms. The van der Waals surface area contributed by atoms with E-state index in [0.717, 1.165) is 36.3 Å². The van der Waals surface area contributed by atoms with Crippen molar-refractivity contribution in [3.8, 4) is 0 Å². The molecule has 0 bridgehead atoms. The standard InChI is InChI=1S/C18H28N6S/c1-14(16-9-6-5-7-10-16)21-18(19-11-8-12-25-4)20-13-17-23-22-15(2)24(17)3/h5-7,9-10,14H,8,11-13H2,1-4H3,(H2,19,20,21). The van der Waals surface area contributed by atoms with E-state index in [9.17, 15) is 0 Å². The summed E-state index contributed by atoms with van der Waals surface area (Å²) in [4.78, 5) is 4.70. The maximum absolute atomic E-state index is 4.70. The minimum atomic E-state index is 0.175. The number of hydrogen-bond donors (Lipinski definition) is 2. The van der Waals surface area contributed by atoms with Crippen molar-refractivity contribution in [2.75, 3.05) is 18.6 Å². The predicted molar refractivity (Wildman–Crippen MR) is 106 cm³/mol. The molecule has 0 radical (unpaired) electrons. The number of nitrogens with one attached hydrogen (secondary N) is 2. The van der Waals surface area contributed by atoms with Crippen LogP contribution in [0, 0.1) is 6.92 Å². The second-order valence-corrected chi connectivity index (χ2v) is 6.92. The molecule has 1 unspecified atom stereocenters. The van der Waals surface area contributed by atoms with Gasteiger partial charge in [-0.1, -0.05) is 30.3 Å². The first-order valence-corrected chi connectivity index (χ1v) is 9.94. The zero-order chi connectivity index (χ0) is 18.1. The Labute approximate surface area is 154 Å². The van der Waals surface area contributed by atoms with Gasteiger partial charge in [-0.15, -0.1) is 10.2 Å². The van der Waals surface area contributed by atoms with Crippen LogP contribution in [0.4, 0.5) is 0 Å². The highest BCUT2D eigenvalue weighted by molar-refractivity contribution is 7.98. The molecule has 0 aliphatic heterocycles. The van der Waals surface area contributed by atoms with E-state index < -0.39 is 0 Å². The largest absolute Gasteiger partial charge is 0.356 e. The van der Waals surface area contributed by atoms with Crippen LogP contribution in [0.25, 0.3) is 0 Å². The minimum Gasteiger partial charge on any atom is -0.356 e. The van der Waals surface area contributed by atoms with Gasteiger partial charge in [0.1, 0.15) is 12.4 Å². The van der Waals surface area contributed by atoms with Crippen molar-refractivity contribution in [2.24, 2.45) is 12.0 Å². The van der Waals surface area contributed by atoms with E-state index in [1.165, 1.54) is 5.56 Å². The summed E-state index contributed by atoms with van der Waals surface area (Å²) in [5.41, 5.74) is 1.23. The van der Waals surface area contributed by atoms with E-state index in [1.54, 1.807) is 0 Å². The predicted octanol–water partition coefficient (Wildman–Crippen LogP) is 2.67. The van der Waals surface area contributed by atoms with Crippen molar-refractivity contribution in [1.82, 2.24) is 25.4 Å². The summed E-state index contributed by atoms with van der Waals surface area (Å²) in [5.74, 6) is 3.69. The number of hydrogen-bond acceptors (Lipinski definition) is 4. The second kappa shape index (κ2) is 10.1. The van der Waals surface area contributed by atoms with Gasteiger partial charge in [-0.2, -0.15) is 11.8 Å². The van der Waals surface area contributed by atoms with Gasteiger partial charge in [0.25, 0.3) is 0 Å². The summed E-state index contributed by atoms with van der Waals surface area (Å²) in [6.07, 6.45) is 3.23. The molecule has 2 rings (SSSR count). The molecule has 0 aliphatic carbocycles. The van der Waals surface area contributed by atoms with Crippen LogP contribution in [0.3, 0.4) is 0 Å². The Balaban J connectivity index is 2.03. The first-order valence-electron chi connectivity index (χ1n) is 8.55. The Kier molecular flexibility index (Phi) is 7.78. The third kappa shape index (κ3) is 6.08. The zero-order valence-corrected chi connectivity index (χ0v) is 16.3. The molecule has 136 valence electrons. The number of aromatic nitrogens is 3. The van der Waals surface area contributed by atoms with E-state index in [1.807, 2.05) is 36.4 Å². The van der Waals surface area contributed by atoms with Crippen LogP contribution in [-0.2, 0) is 13.6 Å². The molecule has 1 aromatic carbocycles. The maximum atomic E-state index is 4.70. The van der Waals surface area contributed by atoms with E-state index in [-0.39, 0.29) is 6.04 Å². The highest BCUT2D eigenvalue weighted by Crippen LogP contribution is 2.11. The summed E-state index contributed by atoms with van der Waals surface area (Å²) < 4.78 is 1.97. The molecule has 2 N–H and O–H groups in total. The fraction of sp³-hybridized carbons (Fsp3) is 0.500. The lowest BCUT2D eigenvalue weighted by Gasteiger charge is -2.18. The Morgan fingerprint density at radius 2 is 2.04 bits per heavy atom. The van der Waals surface area contributed by atoms with Crippen LogP contribution in [0.15, 0.2) is 35.3 Å². The van der Waals surface area contributed by atoms with Crippen LogP contribution in [0.5, 0.6) is 0 Å². The lowest BCUT2D eigenvalue weighted by Crippen LogP contribution is -2.39. The fourth-order valence-corrected chi connectivity index (χ4v) is 2.78. The van der Waals surface area contributed by atoms with Crippen molar-refractivity contribution < 1.29 is 0 Å². The lowest BCUT2D eigenvalue weighted by molar-refractivity contribution is 0.674. The van der Waals surface area contributed by atoms with Crippen molar-refractivity contribution in [3.05, 3.63) is 47.5 Å². The molecule has 0 amide bonds. The average Bonchev–Trinajstić information content (AvgIpc) is 2.95. The van der Waals surface area contributed by atoms with Gasteiger partial charge in [-0.25, -0.2) is 4.99 Å². The summed E-state index contributed by atoms with van der Waals surface area (Å²) in [5, 5.41) is 15.2. The third-order valence-corrected chi connectivity index (χ3v) is 4.73. The van der Waals surface area contributed by atoms with E-state index in [2.05, 4.69) is 58.3 Å². The highest BCUT2D eigenvalue weighted by Gasteiger charge is 2.09. The first kappa shape index (κ1) is 19.3. The van der Waals surface area contributed by atoms with Crippen LogP contribution in [0.2, 0.25) is 0 Å². The van der Waals surface area contributed by atoms with Gasteiger partial charge in [0.2, 0.25) is 0 Å². The Morgan fingerprint density at radius 3 is 2.68 bits per heavy atom. The van der Waals surface area contributed by atoms with Gasteiger partial charge in [-0.05, 0) is 37.8 Å². The number of aliphatic imine (C=N–C) groups is 1. The molecule has 1 aromatic heterocycles. The lowest BCUT2D eigenvalue weighted by atomic mass is 10.1. The van der Waals surface area contributed by atoms with Gasteiger partial charge < -0.3 is 15.2 Å². The molecular weight excluding hydrogens is 332 g/mol. The SMILES string of the molecule is CSCCCNC(=NCc1nnc(C)n1C)NC(C)c1ccccc1. The van der Waals surface area contributed by atoms with Crippen LogP contribution < -0.4 is 10.6 Å². The van der Waals surface area contributed by atoms with Crippen LogP contribution in [0.1, 0.15) is 36.6 Å². The Bertz CT molecular complexity index is 667. The second-order valence-electron chi connectivity index (χ2n) is 5.94. The average molecular weight is 361 g/mol. The van der Waals surface area contributed by atoms with Crippen molar-refractivity contribution in [2.45, 2.75) is 32.9 Å². The number of rotatable bonds is 8. The van der Waals surface area contributed by atoms with E-state index in [0.29, 0.717) is 6.54 Å².